The van der Waals surface area contributed by atoms with Gasteiger partial charge in [-0.15, -0.1) is 0 Å². The molecule has 0 saturated heterocycles. The van der Waals surface area contributed by atoms with Crippen molar-refractivity contribution in [3.8, 4) is 16.9 Å². The highest BCUT2D eigenvalue weighted by Crippen LogP contribution is 2.39. The van der Waals surface area contributed by atoms with Gasteiger partial charge in [0.1, 0.15) is 23.0 Å². The van der Waals surface area contributed by atoms with Crippen LogP contribution in [0.3, 0.4) is 0 Å². The predicted molar refractivity (Wildman–Crippen MR) is 114 cm³/mol. The molecule has 1 aromatic carbocycles. The van der Waals surface area contributed by atoms with Crippen LogP contribution < -0.4 is 10.1 Å². The van der Waals surface area contributed by atoms with Crippen LogP contribution in [0.5, 0.6) is 5.75 Å². The molecule has 1 N–H and O–H groups in total. The molecular weight excluding hydrogens is 395 g/mol. The van der Waals surface area contributed by atoms with Gasteiger partial charge in [0.05, 0.1) is 6.61 Å². The molecule has 6 rings (SSSR count). The minimum absolute atomic E-state index is 0.237. The highest BCUT2D eigenvalue weighted by Gasteiger charge is 2.27. The fourth-order valence-electron chi connectivity index (χ4n) is 4.20. The molecule has 1 saturated carbocycles. The zero-order valence-electron chi connectivity index (χ0n) is 17.1. The third-order valence-electron chi connectivity index (χ3n) is 6.02. The fourth-order valence-corrected chi connectivity index (χ4v) is 4.20. The molecule has 2 aliphatic rings. The molecule has 31 heavy (non-hydrogen) atoms. The largest absolute Gasteiger partial charge is 0.493 e. The van der Waals surface area contributed by atoms with Gasteiger partial charge in [-0.3, -0.25) is 4.40 Å². The summed E-state index contributed by atoms with van der Waals surface area (Å²) in [4.78, 5) is 18.4. The maximum Gasteiger partial charge on any atom is 0.208 e. The molecule has 4 aromatic rings. The molecule has 0 amide bonds. The Morgan fingerprint density at radius 3 is 2.87 bits per heavy atom. The second-order valence-electron chi connectivity index (χ2n) is 8.07. The number of aryl methyl sites for hydroxylation is 1. The van der Waals surface area contributed by atoms with Crippen LogP contribution in [0.25, 0.3) is 16.8 Å². The van der Waals surface area contributed by atoms with Gasteiger partial charge < -0.3 is 10.1 Å². The molecule has 3 aromatic heterocycles. The van der Waals surface area contributed by atoms with Crippen molar-refractivity contribution in [1.29, 1.82) is 0 Å². The Hall–Kier alpha value is -3.55. The minimum atomic E-state index is -0.237. The van der Waals surface area contributed by atoms with Crippen LogP contribution in [0.4, 0.5) is 10.3 Å². The molecule has 1 aliphatic heterocycles. The Morgan fingerprint density at radius 1 is 1.16 bits per heavy atom. The number of hydrogen-bond donors (Lipinski definition) is 1. The number of anilines is 1. The number of fused-ring (bicyclic) bond motifs is 2. The first kappa shape index (κ1) is 18.2. The Bertz CT molecular complexity index is 1310. The second kappa shape index (κ2) is 7.01. The van der Waals surface area contributed by atoms with Gasteiger partial charge in [0.25, 0.3) is 0 Å². The molecular formula is C23H21FN6O. The molecule has 4 heterocycles. The lowest BCUT2D eigenvalue weighted by Crippen LogP contribution is -2.10. The van der Waals surface area contributed by atoms with Crippen molar-refractivity contribution >= 4 is 11.6 Å². The molecule has 0 radical (unpaired) electrons. The van der Waals surface area contributed by atoms with Crippen molar-refractivity contribution in [2.45, 2.75) is 38.6 Å². The van der Waals surface area contributed by atoms with Crippen LogP contribution in [0.2, 0.25) is 0 Å². The van der Waals surface area contributed by atoms with Gasteiger partial charge in [0.2, 0.25) is 5.95 Å². The number of hydrogen-bond acceptors (Lipinski definition) is 6. The van der Waals surface area contributed by atoms with Crippen LogP contribution in [0.15, 0.2) is 36.9 Å². The average molecular weight is 416 g/mol. The van der Waals surface area contributed by atoms with Crippen LogP contribution in [0.1, 0.15) is 41.4 Å². The van der Waals surface area contributed by atoms with Gasteiger partial charge in [0, 0.05) is 71.6 Å². The number of aromatic nitrogens is 5. The lowest BCUT2D eigenvalue weighted by molar-refractivity contribution is 0.356. The first-order valence-corrected chi connectivity index (χ1v) is 10.5. The highest BCUT2D eigenvalue weighted by molar-refractivity contribution is 5.78. The standard InChI is InChI=1S/C23H21FN6O/c1-13-16(10-26-21(29-13)14-2-3-14)18-12-28-23(30-8-7-25-22(18)30)27-11-17-15-6-9-31-20(15)5-4-19(17)24/h4-5,7-8,10,12,14H,2-3,6,9,11H2,1H3,(H,27,28). The smallest absolute Gasteiger partial charge is 0.208 e. The zero-order chi connectivity index (χ0) is 20.9. The van der Waals surface area contributed by atoms with Crippen LogP contribution in [0, 0.1) is 12.7 Å². The van der Waals surface area contributed by atoms with Gasteiger partial charge in [0.15, 0.2) is 0 Å². The summed E-state index contributed by atoms with van der Waals surface area (Å²) < 4.78 is 21.9. The monoisotopic (exact) mass is 416 g/mol. The van der Waals surface area contributed by atoms with Crippen molar-refractivity contribution < 1.29 is 9.13 Å². The summed E-state index contributed by atoms with van der Waals surface area (Å²) in [5.74, 6) is 2.56. The van der Waals surface area contributed by atoms with E-state index in [1.807, 2.05) is 23.7 Å². The third-order valence-corrected chi connectivity index (χ3v) is 6.02. The molecule has 1 aliphatic carbocycles. The second-order valence-corrected chi connectivity index (χ2v) is 8.07. The number of ether oxygens (including phenoxy) is 1. The number of imidazole rings is 1. The van der Waals surface area contributed by atoms with E-state index in [1.54, 1.807) is 18.5 Å². The topological polar surface area (TPSA) is 77.2 Å². The first-order valence-electron chi connectivity index (χ1n) is 10.5. The Labute approximate surface area is 178 Å². The highest BCUT2D eigenvalue weighted by atomic mass is 19.1. The summed E-state index contributed by atoms with van der Waals surface area (Å²) in [5, 5.41) is 3.27. The summed E-state index contributed by atoms with van der Waals surface area (Å²) in [5.41, 5.74) is 5.01. The first-order chi connectivity index (χ1) is 15.2. The van der Waals surface area contributed by atoms with Gasteiger partial charge >= 0.3 is 0 Å². The molecule has 0 bridgehead atoms. The summed E-state index contributed by atoms with van der Waals surface area (Å²) in [6.45, 7) is 2.90. The SMILES string of the molecule is Cc1nc(C2CC2)ncc1-c1cnc(NCc2c(F)ccc3c2CCO3)n2ccnc12. The van der Waals surface area contributed by atoms with E-state index in [4.69, 9.17) is 9.72 Å². The van der Waals surface area contributed by atoms with E-state index >= 15 is 0 Å². The van der Waals surface area contributed by atoms with Crippen LogP contribution in [-0.4, -0.2) is 30.9 Å². The maximum absolute atomic E-state index is 14.5. The number of nitrogens with zero attached hydrogens (tertiary/aromatic N) is 5. The number of halogens is 1. The molecule has 7 nitrogen and oxygen atoms in total. The van der Waals surface area contributed by atoms with Gasteiger partial charge in [-0.05, 0) is 31.9 Å². The van der Waals surface area contributed by atoms with E-state index in [-0.39, 0.29) is 5.82 Å². The van der Waals surface area contributed by atoms with Gasteiger partial charge in [-0.2, -0.15) is 0 Å². The van der Waals surface area contributed by atoms with E-state index in [1.165, 1.54) is 18.9 Å². The molecule has 1 fully saturated rings. The lowest BCUT2D eigenvalue weighted by atomic mass is 10.0. The molecule has 0 atom stereocenters. The van der Waals surface area contributed by atoms with E-state index < -0.39 is 0 Å². The third kappa shape index (κ3) is 3.10. The zero-order valence-corrected chi connectivity index (χ0v) is 17.1. The number of rotatable bonds is 5. The predicted octanol–water partition coefficient (Wildman–Crippen LogP) is 4.06. The fraction of sp³-hybridized carbons (Fsp3) is 0.304. The molecule has 0 unspecified atom stereocenters. The Balaban J connectivity index is 1.33. The Kier molecular flexibility index (Phi) is 4.12. The molecule has 156 valence electrons. The molecule has 0 spiro atoms. The van der Waals surface area contributed by atoms with E-state index in [0.29, 0.717) is 37.0 Å². The summed E-state index contributed by atoms with van der Waals surface area (Å²) in [6, 6.07) is 3.15. The van der Waals surface area contributed by atoms with E-state index in [9.17, 15) is 4.39 Å². The van der Waals surface area contributed by atoms with E-state index in [0.717, 1.165) is 39.6 Å². The minimum Gasteiger partial charge on any atom is -0.493 e. The van der Waals surface area contributed by atoms with Crippen molar-refractivity contribution in [2.75, 3.05) is 11.9 Å². The average Bonchev–Trinajstić information content (AvgIpc) is 3.30. The number of benzene rings is 1. The summed E-state index contributed by atoms with van der Waals surface area (Å²) in [6.07, 6.45) is 10.3. The summed E-state index contributed by atoms with van der Waals surface area (Å²) >= 11 is 0. The maximum atomic E-state index is 14.5. The van der Waals surface area contributed by atoms with Crippen molar-refractivity contribution in [2.24, 2.45) is 0 Å². The summed E-state index contributed by atoms with van der Waals surface area (Å²) in [7, 11) is 0. The van der Waals surface area contributed by atoms with Crippen LogP contribution in [-0.2, 0) is 13.0 Å². The van der Waals surface area contributed by atoms with Crippen molar-refractivity contribution in [3.05, 3.63) is 65.4 Å². The van der Waals surface area contributed by atoms with Crippen LogP contribution >= 0.6 is 0 Å². The van der Waals surface area contributed by atoms with Gasteiger partial charge in [-0.25, -0.2) is 24.3 Å². The van der Waals surface area contributed by atoms with Crippen molar-refractivity contribution in [1.82, 2.24) is 24.3 Å². The molecule has 8 heteroatoms. The quantitative estimate of drug-likeness (QED) is 0.529. The van der Waals surface area contributed by atoms with Crippen molar-refractivity contribution in [3.63, 3.8) is 0 Å². The van der Waals surface area contributed by atoms with E-state index in [2.05, 4.69) is 20.3 Å². The number of nitrogens with one attached hydrogen (secondary N) is 1. The van der Waals surface area contributed by atoms with Gasteiger partial charge in [-0.1, -0.05) is 0 Å². The normalized spacial score (nSPS) is 15.2. The lowest BCUT2D eigenvalue weighted by Gasteiger charge is -2.13. The Morgan fingerprint density at radius 2 is 2.03 bits per heavy atom.